The molecule has 1 aliphatic heterocycles. The van der Waals surface area contributed by atoms with Crippen molar-refractivity contribution >= 4 is 16.8 Å². The Labute approximate surface area is 159 Å². The first-order valence-electron chi connectivity index (χ1n) is 9.49. The minimum Gasteiger partial charge on any atom is -0.387 e. The monoisotopic (exact) mass is 363 g/mol. The van der Waals surface area contributed by atoms with Crippen LogP contribution in [-0.2, 0) is 7.05 Å². The topological polar surface area (TPSA) is 58.4 Å². The van der Waals surface area contributed by atoms with Gasteiger partial charge in [-0.3, -0.25) is 9.78 Å². The second-order valence-electron chi connectivity index (χ2n) is 7.43. The molecule has 3 aromatic rings. The zero-order chi connectivity index (χ0) is 19.0. The normalized spacial score (nSPS) is 16.6. The lowest BCUT2D eigenvalue weighted by Gasteiger charge is -2.34. The van der Waals surface area contributed by atoms with Gasteiger partial charge in [-0.1, -0.05) is 24.3 Å². The summed E-state index contributed by atoms with van der Waals surface area (Å²) in [5.41, 5.74) is 3.72. The van der Waals surface area contributed by atoms with Crippen molar-refractivity contribution in [2.24, 2.45) is 13.0 Å². The lowest BCUT2D eigenvalue weighted by atomic mass is 9.89. The molecule has 1 amide bonds. The van der Waals surface area contributed by atoms with Crippen molar-refractivity contribution in [2.45, 2.75) is 25.9 Å². The van der Waals surface area contributed by atoms with Crippen LogP contribution in [0.15, 0.2) is 48.7 Å². The van der Waals surface area contributed by atoms with E-state index in [2.05, 4.69) is 24.0 Å². The number of piperidine rings is 1. The number of fused-ring (bicyclic) bond motifs is 1. The van der Waals surface area contributed by atoms with E-state index < -0.39 is 6.10 Å². The molecular weight excluding hydrogens is 338 g/mol. The van der Waals surface area contributed by atoms with Gasteiger partial charge in [0.1, 0.15) is 5.69 Å². The molecule has 0 aliphatic carbocycles. The number of rotatable bonds is 3. The number of likely N-dealkylation sites (tertiary alicyclic amines) is 1. The Bertz CT molecular complexity index is 956. The number of pyridine rings is 1. The first kappa shape index (κ1) is 17.7. The fourth-order valence-corrected chi connectivity index (χ4v) is 4.20. The maximum atomic E-state index is 13.1. The van der Waals surface area contributed by atoms with Gasteiger partial charge in [0, 0.05) is 31.7 Å². The molecule has 1 aromatic carbocycles. The highest BCUT2D eigenvalue weighted by molar-refractivity contribution is 5.99. The molecule has 140 valence electrons. The van der Waals surface area contributed by atoms with Gasteiger partial charge in [-0.05, 0) is 49.4 Å². The predicted octanol–water partition coefficient (Wildman–Crippen LogP) is 3.47. The van der Waals surface area contributed by atoms with Crippen molar-refractivity contribution in [1.29, 1.82) is 0 Å². The van der Waals surface area contributed by atoms with E-state index in [1.807, 2.05) is 46.8 Å². The fourth-order valence-electron chi connectivity index (χ4n) is 4.20. The Kier molecular flexibility index (Phi) is 4.70. The molecule has 1 atom stereocenters. The Morgan fingerprint density at radius 1 is 1.19 bits per heavy atom. The molecule has 1 aliphatic rings. The van der Waals surface area contributed by atoms with E-state index in [1.165, 1.54) is 5.56 Å². The van der Waals surface area contributed by atoms with E-state index in [0.717, 1.165) is 29.4 Å². The number of hydrogen-bond acceptors (Lipinski definition) is 3. The van der Waals surface area contributed by atoms with Gasteiger partial charge >= 0.3 is 0 Å². The van der Waals surface area contributed by atoms with Crippen LogP contribution >= 0.6 is 0 Å². The molecule has 1 saturated heterocycles. The van der Waals surface area contributed by atoms with Crippen LogP contribution in [0.5, 0.6) is 0 Å². The molecule has 4 rings (SSSR count). The highest BCUT2D eigenvalue weighted by atomic mass is 16.3. The zero-order valence-corrected chi connectivity index (χ0v) is 15.8. The van der Waals surface area contributed by atoms with Crippen LogP contribution < -0.4 is 0 Å². The Morgan fingerprint density at radius 2 is 1.96 bits per heavy atom. The Hall–Kier alpha value is -2.66. The fraction of sp³-hybridized carbons (Fsp3) is 0.364. The SMILES string of the molecule is Cc1cccc2cc(C(=O)N3CCC([C@H](O)c4ccccn4)CC3)n(C)c12. The summed E-state index contributed by atoms with van der Waals surface area (Å²) in [6.45, 7) is 3.39. The summed E-state index contributed by atoms with van der Waals surface area (Å²) in [5, 5.41) is 11.7. The molecule has 2 aromatic heterocycles. The number of aliphatic hydroxyl groups is 1. The number of aryl methyl sites for hydroxylation is 2. The Balaban J connectivity index is 1.48. The van der Waals surface area contributed by atoms with Crippen LogP contribution in [-0.4, -0.2) is 38.6 Å². The van der Waals surface area contributed by atoms with Crippen LogP contribution in [0.4, 0.5) is 0 Å². The van der Waals surface area contributed by atoms with Crippen LogP contribution in [0.3, 0.4) is 0 Å². The third-order valence-corrected chi connectivity index (χ3v) is 5.74. The molecule has 5 nitrogen and oxygen atoms in total. The molecule has 5 heteroatoms. The molecule has 3 heterocycles. The lowest BCUT2D eigenvalue weighted by Crippen LogP contribution is -2.40. The minimum absolute atomic E-state index is 0.0684. The molecule has 0 bridgehead atoms. The van der Waals surface area contributed by atoms with Crippen molar-refractivity contribution in [3.63, 3.8) is 0 Å². The third-order valence-electron chi connectivity index (χ3n) is 5.74. The van der Waals surface area contributed by atoms with Gasteiger partial charge in [-0.25, -0.2) is 0 Å². The van der Waals surface area contributed by atoms with Crippen molar-refractivity contribution in [3.8, 4) is 0 Å². The number of carbonyl (C=O) groups excluding carboxylic acids is 1. The number of para-hydroxylation sites is 1. The summed E-state index contributed by atoms with van der Waals surface area (Å²) in [6, 6.07) is 13.7. The van der Waals surface area contributed by atoms with Crippen molar-refractivity contribution in [1.82, 2.24) is 14.5 Å². The van der Waals surface area contributed by atoms with Crippen LogP contribution in [0, 0.1) is 12.8 Å². The van der Waals surface area contributed by atoms with Crippen molar-refractivity contribution in [2.75, 3.05) is 13.1 Å². The first-order chi connectivity index (χ1) is 13.1. The highest BCUT2D eigenvalue weighted by Gasteiger charge is 2.30. The summed E-state index contributed by atoms with van der Waals surface area (Å²) in [6.07, 6.45) is 2.71. The largest absolute Gasteiger partial charge is 0.387 e. The number of aliphatic hydroxyl groups excluding tert-OH is 1. The number of nitrogens with zero attached hydrogens (tertiary/aromatic N) is 3. The average molecular weight is 363 g/mol. The van der Waals surface area contributed by atoms with E-state index >= 15 is 0 Å². The summed E-state index contributed by atoms with van der Waals surface area (Å²) in [4.78, 5) is 19.3. The molecule has 1 N–H and O–H groups in total. The van der Waals surface area contributed by atoms with Gasteiger partial charge in [-0.2, -0.15) is 0 Å². The number of carbonyl (C=O) groups is 1. The molecule has 0 unspecified atom stereocenters. The van der Waals surface area contributed by atoms with Crippen LogP contribution in [0.1, 0.15) is 40.7 Å². The van der Waals surface area contributed by atoms with E-state index in [4.69, 9.17) is 0 Å². The van der Waals surface area contributed by atoms with Crippen LogP contribution in [0.2, 0.25) is 0 Å². The molecule has 27 heavy (non-hydrogen) atoms. The van der Waals surface area contributed by atoms with E-state index in [0.29, 0.717) is 18.8 Å². The summed E-state index contributed by atoms with van der Waals surface area (Å²) < 4.78 is 2.00. The highest BCUT2D eigenvalue weighted by Crippen LogP contribution is 2.31. The van der Waals surface area contributed by atoms with E-state index in [9.17, 15) is 9.90 Å². The van der Waals surface area contributed by atoms with Gasteiger partial charge in [-0.15, -0.1) is 0 Å². The molecule has 0 radical (unpaired) electrons. The summed E-state index contributed by atoms with van der Waals surface area (Å²) in [5.74, 6) is 0.206. The third kappa shape index (κ3) is 3.23. The molecule has 1 fully saturated rings. The zero-order valence-electron chi connectivity index (χ0n) is 15.8. The van der Waals surface area contributed by atoms with Crippen molar-refractivity contribution < 1.29 is 9.90 Å². The lowest BCUT2D eigenvalue weighted by molar-refractivity contribution is 0.0442. The van der Waals surface area contributed by atoms with E-state index in [-0.39, 0.29) is 11.8 Å². The van der Waals surface area contributed by atoms with Gasteiger partial charge in [0.25, 0.3) is 5.91 Å². The van der Waals surface area contributed by atoms with E-state index in [1.54, 1.807) is 6.20 Å². The first-order valence-corrected chi connectivity index (χ1v) is 9.49. The number of aromatic nitrogens is 2. The number of hydrogen-bond donors (Lipinski definition) is 1. The second kappa shape index (κ2) is 7.16. The van der Waals surface area contributed by atoms with Gasteiger partial charge in [0.2, 0.25) is 0 Å². The Morgan fingerprint density at radius 3 is 2.63 bits per heavy atom. The number of benzene rings is 1. The number of amides is 1. The maximum absolute atomic E-state index is 13.1. The summed E-state index contributed by atoms with van der Waals surface area (Å²) >= 11 is 0. The predicted molar refractivity (Wildman–Crippen MR) is 105 cm³/mol. The quantitative estimate of drug-likeness (QED) is 0.775. The summed E-state index contributed by atoms with van der Waals surface area (Å²) in [7, 11) is 1.96. The van der Waals surface area contributed by atoms with Gasteiger partial charge in [0.15, 0.2) is 0 Å². The second-order valence-corrected chi connectivity index (χ2v) is 7.43. The standard InChI is InChI=1S/C22H25N3O2/c1-15-6-5-7-17-14-19(24(2)20(15)17)22(27)25-12-9-16(10-13-25)21(26)18-8-3-4-11-23-18/h3-8,11,14,16,21,26H,9-10,12-13H2,1-2H3/t21-/m0/s1. The smallest absolute Gasteiger partial charge is 0.270 e. The maximum Gasteiger partial charge on any atom is 0.270 e. The average Bonchev–Trinajstić information content (AvgIpc) is 3.05. The minimum atomic E-state index is -0.566. The molecule has 0 spiro atoms. The molecule has 0 saturated carbocycles. The van der Waals surface area contributed by atoms with Crippen molar-refractivity contribution in [3.05, 3.63) is 65.6 Å². The molecular formula is C22H25N3O2. The van der Waals surface area contributed by atoms with Gasteiger partial charge in [0.05, 0.1) is 17.3 Å². The van der Waals surface area contributed by atoms with Crippen LogP contribution in [0.25, 0.3) is 10.9 Å². The van der Waals surface area contributed by atoms with Gasteiger partial charge < -0.3 is 14.6 Å².